The largest absolute Gasteiger partial charge is 0.406 e. The molecule has 1 aliphatic rings. The lowest BCUT2D eigenvalue weighted by Crippen LogP contribution is -2.40. The van der Waals surface area contributed by atoms with Crippen molar-refractivity contribution in [1.82, 2.24) is 19.4 Å². The third-order valence-corrected chi connectivity index (χ3v) is 4.36. The minimum atomic E-state index is -4.23. The quantitative estimate of drug-likeness (QED) is 0.818. The number of alkyl halides is 3. The lowest BCUT2D eigenvalue weighted by molar-refractivity contribution is -0.141. The Hall–Kier alpha value is -1.12. The highest BCUT2D eigenvalue weighted by atomic mass is 19.4. The molecule has 0 amide bonds. The number of aliphatic hydroxyl groups is 1. The zero-order valence-electron chi connectivity index (χ0n) is 14.3. The maximum Gasteiger partial charge on any atom is 0.406 e. The van der Waals surface area contributed by atoms with Crippen LogP contribution in [0.4, 0.5) is 13.2 Å². The first-order valence-electron chi connectivity index (χ1n) is 8.38. The van der Waals surface area contributed by atoms with Crippen molar-refractivity contribution in [3.8, 4) is 0 Å². The number of halogens is 3. The van der Waals surface area contributed by atoms with Gasteiger partial charge in [-0.05, 0) is 45.8 Å². The van der Waals surface area contributed by atoms with E-state index in [0.717, 1.165) is 32.5 Å². The highest BCUT2D eigenvalue weighted by Crippen LogP contribution is 2.20. The van der Waals surface area contributed by atoms with Gasteiger partial charge in [0.05, 0.1) is 12.6 Å². The van der Waals surface area contributed by atoms with Crippen LogP contribution in [-0.2, 0) is 13.1 Å². The van der Waals surface area contributed by atoms with Crippen LogP contribution in [0.3, 0.4) is 0 Å². The second-order valence-corrected chi connectivity index (χ2v) is 6.88. The standard InChI is InChI=1S/C16H27F3N4O/c1-13(24)9-22-6-3-14(4-7-22)10-21(2)11-15-20-5-8-23(15)12-16(17,18)19/h5,8,13-14,24H,3-4,6-7,9-12H2,1-2H3. The molecule has 0 radical (unpaired) electrons. The number of β-amino-alcohol motifs (C(OH)–C–C–N with tert-alkyl or cyclic N) is 1. The van der Waals surface area contributed by atoms with Crippen LogP contribution >= 0.6 is 0 Å². The number of nitrogens with zero attached hydrogens (tertiary/aromatic N) is 4. The van der Waals surface area contributed by atoms with E-state index in [-0.39, 0.29) is 6.10 Å². The van der Waals surface area contributed by atoms with Crippen molar-refractivity contribution in [3.05, 3.63) is 18.2 Å². The summed E-state index contributed by atoms with van der Waals surface area (Å²) in [5.41, 5.74) is 0. The zero-order chi connectivity index (χ0) is 17.7. The number of hydrogen-bond donors (Lipinski definition) is 1. The number of hydrogen-bond acceptors (Lipinski definition) is 4. The summed E-state index contributed by atoms with van der Waals surface area (Å²) >= 11 is 0. The maximum atomic E-state index is 12.6. The van der Waals surface area contributed by atoms with Gasteiger partial charge in [0.2, 0.25) is 0 Å². The van der Waals surface area contributed by atoms with Crippen molar-refractivity contribution >= 4 is 0 Å². The van der Waals surface area contributed by atoms with E-state index in [9.17, 15) is 18.3 Å². The van der Waals surface area contributed by atoms with Gasteiger partial charge in [0.15, 0.2) is 0 Å². The van der Waals surface area contributed by atoms with Gasteiger partial charge >= 0.3 is 6.18 Å². The molecule has 1 aromatic heterocycles. The predicted octanol–water partition coefficient (Wildman–Crippen LogP) is 1.97. The molecule has 1 unspecified atom stereocenters. The third-order valence-electron chi connectivity index (χ3n) is 4.36. The molecule has 8 heteroatoms. The minimum Gasteiger partial charge on any atom is -0.392 e. The molecule has 0 aromatic carbocycles. The molecule has 1 saturated heterocycles. The fraction of sp³-hybridized carbons (Fsp3) is 0.812. The van der Waals surface area contributed by atoms with Crippen LogP contribution in [0.2, 0.25) is 0 Å². The molecular formula is C16H27F3N4O. The van der Waals surface area contributed by atoms with E-state index in [0.29, 0.717) is 24.8 Å². The monoisotopic (exact) mass is 348 g/mol. The van der Waals surface area contributed by atoms with E-state index >= 15 is 0 Å². The Morgan fingerprint density at radius 1 is 1.38 bits per heavy atom. The molecule has 0 spiro atoms. The first-order chi connectivity index (χ1) is 11.2. The predicted molar refractivity (Wildman–Crippen MR) is 85.5 cm³/mol. The number of aromatic nitrogens is 2. The summed E-state index contributed by atoms with van der Waals surface area (Å²) in [5.74, 6) is 0.979. The fourth-order valence-corrected chi connectivity index (χ4v) is 3.30. The molecule has 1 aromatic rings. The van der Waals surface area contributed by atoms with Gasteiger partial charge in [-0.1, -0.05) is 0 Å². The Kier molecular flexibility index (Phi) is 6.65. The van der Waals surface area contributed by atoms with Crippen molar-refractivity contribution < 1.29 is 18.3 Å². The molecule has 138 valence electrons. The van der Waals surface area contributed by atoms with Gasteiger partial charge in [0.1, 0.15) is 12.4 Å². The molecule has 0 saturated carbocycles. The van der Waals surface area contributed by atoms with E-state index in [4.69, 9.17) is 0 Å². The van der Waals surface area contributed by atoms with Gasteiger partial charge in [-0.25, -0.2) is 4.98 Å². The molecule has 2 rings (SSSR count). The summed E-state index contributed by atoms with van der Waals surface area (Å²) in [4.78, 5) is 8.37. The highest BCUT2D eigenvalue weighted by molar-refractivity contribution is 4.93. The Morgan fingerprint density at radius 3 is 2.62 bits per heavy atom. The van der Waals surface area contributed by atoms with Crippen LogP contribution in [0.25, 0.3) is 0 Å². The van der Waals surface area contributed by atoms with E-state index < -0.39 is 12.7 Å². The molecule has 1 N–H and O–H groups in total. The number of aliphatic hydroxyl groups excluding tert-OH is 1. The lowest BCUT2D eigenvalue weighted by atomic mass is 9.96. The van der Waals surface area contributed by atoms with E-state index in [1.807, 2.05) is 11.9 Å². The molecule has 0 aliphatic carbocycles. The Morgan fingerprint density at radius 2 is 2.04 bits per heavy atom. The Labute approximate surface area is 141 Å². The summed E-state index contributed by atoms with van der Waals surface area (Å²) in [6, 6.07) is 0. The summed E-state index contributed by atoms with van der Waals surface area (Å²) in [6.45, 7) is 4.70. The first-order valence-corrected chi connectivity index (χ1v) is 8.38. The van der Waals surface area contributed by atoms with Crippen molar-refractivity contribution in [2.75, 3.05) is 33.2 Å². The molecule has 5 nitrogen and oxygen atoms in total. The molecule has 24 heavy (non-hydrogen) atoms. The second kappa shape index (κ2) is 8.31. The van der Waals surface area contributed by atoms with E-state index in [1.165, 1.54) is 17.0 Å². The van der Waals surface area contributed by atoms with Gasteiger partial charge in [-0.2, -0.15) is 13.2 Å². The average Bonchev–Trinajstić information content (AvgIpc) is 2.85. The van der Waals surface area contributed by atoms with Crippen molar-refractivity contribution in [2.45, 2.75) is 45.1 Å². The topological polar surface area (TPSA) is 44.5 Å². The van der Waals surface area contributed by atoms with Crippen LogP contribution in [0.5, 0.6) is 0 Å². The summed E-state index contributed by atoms with van der Waals surface area (Å²) in [5, 5.41) is 9.43. The van der Waals surface area contributed by atoms with Crippen molar-refractivity contribution in [3.63, 3.8) is 0 Å². The Bertz CT molecular complexity index is 496. The van der Waals surface area contributed by atoms with Gasteiger partial charge in [0.25, 0.3) is 0 Å². The molecule has 1 fully saturated rings. The van der Waals surface area contributed by atoms with Gasteiger partial charge < -0.3 is 14.6 Å². The lowest BCUT2D eigenvalue weighted by Gasteiger charge is -2.34. The summed E-state index contributed by atoms with van der Waals surface area (Å²) in [6.07, 6.45) is 0.360. The molecular weight excluding hydrogens is 321 g/mol. The minimum absolute atomic E-state index is 0.309. The van der Waals surface area contributed by atoms with Gasteiger partial charge in [-0.3, -0.25) is 4.90 Å². The normalized spacial score (nSPS) is 19.1. The van der Waals surface area contributed by atoms with Gasteiger partial charge in [-0.15, -0.1) is 0 Å². The number of rotatable bonds is 7. The van der Waals surface area contributed by atoms with Crippen molar-refractivity contribution in [2.24, 2.45) is 5.92 Å². The molecule has 1 atom stereocenters. The fourth-order valence-electron chi connectivity index (χ4n) is 3.30. The van der Waals surface area contributed by atoms with E-state index in [1.54, 1.807) is 6.92 Å². The highest BCUT2D eigenvalue weighted by Gasteiger charge is 2.29. The second-order valence-electron chi connectivity index (χ2n) is 6.88. The number of piperidine rings is 1. The zero-order valence-corrected chi connectivity index (χ0v) is 14.3. The van der Waals surface area contributed by atoms with Crippen LogP contribution in [0, 0.1) is 5.92 Å². The Balaban J connectivity index is 1.78. The molecule has 2 heterocycles. The van der Waals surface area contributed by atoms with Crippen LogP contribution in [0.1, 0.15) is 25.6 Å². The van der Waals surface area contributed by atoms with Crippen LogP contribution in [0.15, 0.2) is 12.4 Å². The molecule has 0 bridgehead atoms. The average molecular weight is 348 g/mol. The first kappa shape index (κ1) is 19.2. The van der Waals surface area contributed by atoms with Crippen LogP contribution < -0.4 is 0 Å². The van der Waals surface area contributed by atoms with Gasteiger partial charge in [0, 0.05) is 25.5 Å². The summed E-state index contributed by atoms with van der Waals surface area (Å²) in [7, 11) is 1.93. The maximum absolute atomic E-state index is 12.6. The van der Waals surface area contributed by atoms with E-state index in [2.05, 4.69) is 9.88 Å². The number of likely N-dealkylation sites (tertiary alicyclic amines) is 1. The summed E-state index contributed by atoms with van der Waals surface area (Å²) < 4.78 is 38.8. The third kappa shape index (κ3) is 6.41. The van der Waals surface area contributed by atoms with Crippen molar-refractivity contribution in [1.29, 1.82) is 0 Å². The number of imidazole rings is 1. The SMILES string of the molecule is CC(O)CN1CCC(CN(C)Cc2nccn2CC(F)(F)F)CC1. The van der Waals surface area contributed by atoms with Crippen LogP contribution in [-0.4, -0.2) is 70.0 Å². The smallest absolute Gasteiger partial charge is 0.392 e. The molecule has 1 aliphatic heterocycles.